The Bertz CT molecular complexity index is 572. The van der Waals surface area contributed by atoms with Crippen LogP contribution in [0, 0.1) is 0 Å². The molecule has 1 nitrogen and oxygen atoms in total. The molecule has 1 saturated carbocycles. The van der Waals surface area contributed by atoms with Crippen LogP contribution in [-0.4, -0.2) is 7.05 Å². The largest absolute Gasteiger partial charge is 0.312 e. The number of benzene rings is 1. The molecule has 1 aromatic heterocycles. The minimum absolute atomic E-state index is 0.169. The molecule has 0 spiro atoms. The SMILES string of the molecule is CNC(c1sccc1Cl)C1(c2ccccc2)CCCCC1. The Labute approximate surface area is 136 Å². The molecule has 0 radical (unpaired) electrons. The van der Waals surface area contributed by atoms with Crippen molar-refractivity contribution >= 4 is 22.9 Å². The van der Waals surface area contributed by atoms with E-state index in [0.29, 0.717) is 6.04 Å². The number of hydrogen-bond acceptors (Lipinski definition) is 2. The van der Waals surface area contributed by atoms with E-state index >= 15 is 0 Å². The highest BCUT2D eigenvalue weighted by molar-refractivity contribution is 7.10. The summed E-state index contributed by atoms with van der Waals surface area (Å²) < 4.78 is 0. The van der Waals surface area contributed by atoms with Crippen LogP contribution in [0.5, 0.6) is 0 Å². The number of halogens is 1. The van der Waals surface area contributed by atoms with E-state index in [0.717, 1.165) is 5.02 Å². The summed E-state index contributed by atoms with van der Waals surface area (Å²) in [6.07, 6.45) is 6.42. The van der Waals surface area contributed by atoms with E-state index < -0.39 is 0 Å². The molecule has 0 saturated heterocycles. The molecular formula is C18H22ClNS. The van der Waals surface area contributed by atoms with E-state index in [4.69, 9.17) is 11.6 Å². The summed E-state index contributed by atoms with van der Waals surface area (Å²) in [4.78, 5) is 1.28. The van der Waals surface area contributed by atoms with Gasteiger partial charge in [0.25, 0.3) is 0 Å². The lowest BCUT2D eigenvalue weighted by Gasteiger charge is -2.44. The quantitative estimate of drug-likeness (QED) is 0.777. The molecule has 1 N–H and O–H groups in total. The van der Waals surface area contributed by atoms with E-state index in [2.05, 4.69) is 48.1 Å². The minimum Gasteiger partial charge on any atom is -0.312 e. The molecule has 1 atom stereocenters. The highest BCUT2D eigenvalue weighted by Gasteiger charge is 2.42. The summed E-state index contributed by atoms with van der Waals surface area (Å²) in [5, 5.41) is 6.58. The van der Waals surface area contributed by atoms with Crippen LogP contribution in [0.25, 0.3) is 0 Å². The molecule has 3 heteroatoms. The van der Waals surface area contributed by atoms with Crippen molar-refractivity contribution in [1.82, 2.24) is 5.32 Å². The third-order valence-electron chi connectivity index (χ3n) is 4.84. The lowest BCUT2D eigenvalue weighted by atomic mass is 9.64. The molecular weight excluding hydrogens is 298 g/mol. The fourth-order valence-corrected chi connectivity index (χ4v) is 5.26. The standard InChI is InChI=1S/C18H22ClNS/c1-20-17(16-15(19)10-13-21-16)18(11-6-3-7-12-18)14-8-4-2-5-9-14/h2,4-5,8-10,13,17,20H,3,6-7,11-12H2,1H3. The summed E-state index contributed by atoms with van der Waals surface area (Å²) in [5.41, 5.74) is 1.62. The Hall–Kier alpha value is -0.830. The first kappa shape index (κ1) is 15.1. The zero-order valence-electron chi connectivity index (χ0n) is 12.4. The van der Waals surface area contributed by atoms with Gasteiger partial charge < -0.3 is 5.32 Å². The van der Waals surface area contributed by atoms with Crippen LogP contribution in [0.3, 0.4) is 0 Å². The molecule has 1 fully saturated rings. The highest BCUT2D eigenvalue weighted by Crippen LogP contribution is 2.50. The van der Waals surface area contributed by atoms with Crippen molar-refractivity contribution in [2.24, 2.45) is 0 Å². The third kappa shape index (κ3) is 2.77. The van der Waals surface area contributed by atoms with Crippen molar-refractivity contribution < 1.29 is 0 Å². The molecule has 3 rings (SSSR count). The molecule has 1 aromatic carbocycles. The maximum absolute atomic E-state index is 6.45. The smallest absolute Gasteiger partial charge is 0.0561 e. The summed E-state index contributed by atoms with van der Waals surface area (Å²) in [6, 6.07) is 13.3. The number of hydrogen-bond donors (Lipinski definition) is 1. The molecule has 112 valence electrons. The first-order chi connectivity index (χ1) is 10.3. The predicted octanol–water partition coefficient (Wildman–Crippen LogP) is 5.56. The van der Waals surface area contributed by atoms with Crippen molar-refractivity contribution in [3.63, 3.8) is 0 Å². The first-order valence-electron chi connectivity index (χ1n) is 7.73. The van der Waals surface area contributed by atoms with E-state index in [9.17, 15) is 0 Å². The summed E-state index contributed by atoms with van der Waals surface area (Å²) in [6.45, 7) is 0. The maximum atomic E-state index is 6.45. The summed E-state index contributed by atoms with van der Waals surface area (Å²) in [5.74, 6) is 0. The zero-order chi connectivity index (χ0) is 14.7. The third-order valence-corrected chi connectivity index (χ3v) is 6.27. The normalized spacial score (nSPS) is 19.3. The monoisotopic (exact) mass is 319 g/mol. The minimum atomic E-state index is 0.169. The lowest BCUT2D eigenvalue weighted by molar-refractivity contribution is 0.223. The topological polar surface area (TPSA) is 12.0 Å². The van der Waals surface area contributed by atoms with Gasteiger partial charge in [0.15, 0.2) is 0 Å². The summed E-state index contributed by atoms with van der Waals surface area (Å²) >= 11 is 8.23. The van der Waals surface area contributed by atoms with E-state index in [1.165, 1.54) is 42.5 Å². The van der Waals surface area contributed by atoms with Crippen molar-refractivity contribution in [2.45, 2.75) is 43.6 Å². The van der Waals surface area contributed by atoms with Crippen molar-refractivity contribution in [2.75, 3.05) is 7.05 Å². The molecule has 1 heterocycles. The van der Waals surface area contributed by atoms with Gasteiger partial charge in [-0.15, -0.1) is 11.3 Å². The summed E-state index contributed by atoms with van der Waals surface area (Å²) in [7, 11) is 2.07. The predicted molar refractivity (Wildman–Crippen MR) is 92.3 cm³/mol. The van der Waals surface area contributed by atoms with Gasteiger partial charge in [-0.05, 0) is 36.9 Å². The molecule has 21 heavy (non-hydrogen) atoms. The Kier molecular flexibility index (Phi) is 4.68. The van der Waals surface area contributed by atoms with Crippen LogP contribution in [0.15, 0.2) is 41.8 Å². The van der Waals surface area contributed by atoms with Crippen molar-refractivity contribution in [3.8, 4) is 0 Å². The second-order valence-electron chi connectivity index (χ2n) is 5.94. The van der Waals surface area contributed by atoms with Crippen molar-refractivity contribution in [1.29, 1.82) is 0 Å². The highest BCUT2D eigenvalue weighted by atomic mass is 35.5. The second-order valence-corrected chi connectivity index (χ2v) is 7.29. The Morgan fingerprint density at radius 2 is 1.81 bits per heavy atom. The Morgan fingerprint density at radius 1 is 1.10 bits per heavy atom. The van der Waals surface area contributed by atoms with E-state index in [1.54, 1.807) is 11.3 Å². The zero-order valence-corrected chi connectivity index (χ0v) is 14.0. The van der Waals surface area contributed by atoms with Crippen LogP contribution in [0.2, 0.25) is 5.02 Å². The van der Waals surface area contributed by atoms with Gasteiger partial charge in [0, 0.05) is 10.3 Å². The van der Waals surface area contributed by atoms with Gasteiger partial charge in [-0.3, -0.25) is 0 Å². The molecule has 1 aliphatic carbocycles. The van der Waals surface area contributed by atoms with Crippen LogP contribution in [0.4, 0.5) is 0 Å². The second kappa shape index (κ2) is 6.51. The van der Waals surface area contributed by atoms with E-state index in [1.807, 2.05) is 6.07 Å². The Morgan fingerprint density at radius 3 is 2.38 bits per heavy atom. The molecule has 0 aliphatic heterocycles. The van der Waals surface area contributed by atoms with Gasteiger partial charge in [0.05, 0.1) is 11.1 Å². The van der Waals surface area contributed by atoms with Crippen LogP contribution < -0.4 is 5.32 Å². The Balaban J connectivity index is 2.08. The number of likely N-dealkylation sites (N-methyl/N-ethyl adjacent to an activating group) is 1. The lowest BCUT2D eigenvalue weighted by Crippen LogP contribution is -2.41. The van der Waals surface area contributed by atoms with Gasteiger partial charge >= 0.3 is 0 Å². The van der Waals surface area contributed by atoms with Gasteiger partial charge in [0.2, 0.25) is 0 Å². The maximum Gasteiger partial charge on any atom is 0.0561 e. The number of rotatable bonds is 4. The molecule has 2 aromatic rings. The molecule has 1 unspecified atom stereocenters. The van der Waals surface area contributed by atoms with Crippen molar-refractivity contribution in [3.05, 3.63) is 57.2 Å². The van der Waals surface area contributed by atoms with Gasteiger partial charge in [0.1, 0.15) is 0 Å². The molecule has 0 amide bonds. The average Bonchev–Trinajstić information content (AvgIpc) is 2.96. The fourth-order valence-electron chi connectivity index (χ4n) is 3.87. The first-order valence-corrected chi connectivity index (χ1v) is 8.99. The average molecular weight is 320 g/mol. The van der Waals surface area contributed by atoms with Gasteiger partial charge in [-0.1, -0.05) is 61.2 Å². The van der Waals surface area contributed by atoms with Crippen LogP contribution in [-0.2, 0) is 5.41 Å². The molecule has 0 bridgehead atoms. The molecule has 1 aliphatic rings. The van der Waals surface area contributed by atoms with Crippen LogP contribution in [0.1, 0.15) is 48.6 Å². The number of thiophene rings is 1. The fraction of sp³-hybridized carbons (Fsp3) is 0.444. The van der Waals surface area contributed by atoms with Gasteiger partial charge in [-0.25, -0.2) is 0 Å². The van der Waals surface area contributed by atoms with E-state index in [-0.39, 0.29) is 5.41 Å². The van der Waals surface area contributed by atoms with Crippen LogP contribution >= 0.6 is 22.9 Å². The number of nitrogens with one attached hydrogen (secondary N) is 1. The van der Waals surface area contributed by atoms with Gasteiger partial charge in [-0.2, -0.15) is 0 Å².